The molecular formula is C31H25FN2O3. The first kappa shape index (κ1) is 25.3. The highest BCUT2D eigenvalue weighted by molar-refractivity contribution is 6.15. The summed E-state index contributed by atoms with van der Waals surface area (Å²) < 4.78 is 13.1. The van der Waals surface area contributed by atoms with Gasteiger partial charge in [-0.25, -0.2) is 4.39 Å². The number of hydrogen-bond donors (Lipinski definition) is 2. The first-order valence-corrected chi connectivity index (χ1v) is 11.7. The minimum Gasteiger partial charge on any atom is -0.325 e. The van der Waals surface area contributed by atoms with Gasteiger partial charge in [0, 0.05) is 22.9 Å². The fourth-order valence-electron chi connectivity index (χ4n) is 3.68. The number of carbonyl (C=O) groups excluding carboxylic acids is 3. The van der Waals surface area contributed by atoms with Crippen LogP contribution in [0.4, 0.5) is 15.8 Å². The first-order chi connectivity index (χ1) is 17.9. The summed E-state index contributed by atoms with van der Waals surface area (Å²) in [6.45, 7) is 1.98. The van der Waals surface area contributed by atoms with Crippen LogP contribution in [0.1, 0.15) is 32.6 Å². The molecule has 5 nitrogen and oxygen atoms in total. The highest BCUT2D eigenvalue weighted by Crippen LogP contribution is 2.24. The Hall–Kier alpha value is -4.84. The molecule has 0 aliphatic carbocycles. The Kier molecular flexibility index (Phi) is 8.01. The third kappa shape index (κ3) is 7.08. The molecule has 2 amide bonds. The van der Waals surface area contributed by atoms with Crippen LogP contribution in [0.15, 0.2) is 103 Å². The molecule has 4 rings (SSSR count). The van der Waals surface area contributed by atoms with Crippen molar-refractivity contribution in [1.29, 1.82) is 0 Å². The lowest BCUT2D eigenvalue weighted by molar-refractivity contribution is -0.115. The molecule has 0 fully saturated rings. The molecule has 0 radical (unpaired) electrons. The lowest BCUT2D eigenvalue weighted by Crippen LogP contribution is -2.18. The Labute approximate surface area is 214 Å². The number of carbonyl (C=O) groups is 3. The monoisotopic (exact) mass is 492 g/mol. The van der Waals surface area contributed by atoms with Crippen molar-refractivity contribution in [2.45, 2.75) is 13.3 Å². The number of anilines is 2. The fraction of sp³-hybridized carbons (Fsp3) is 0.0645. The van der Waals surface area contributed by atoms with Crippen LogP contribution in [-0.2, 0) is 16.0 Å². The zero-order valence-electron chi connectivity index (χ0n) is 20.2. The van der Waals surface area contributed by atoms with Gasteiger partial charge in [0.1, 0.15) is 5.82 Å². The van der Waals surface area contributed by atoms with E-state index in [1.807, 2.05) is 37.3 Å². The van der Waals surface area contributed by atoms with Gasteiger partial charge in [0.15, 0.2) is 5.78 Å². The van der Waals surface area contributed by atoms with Gasteiger partial charge in [-0.1, -0.05) is 72.3 Å². The molecule has 0 saturated carbocycles. The molecule has 0 atom stereocenters. The molecule has 2 N–H and O–H groups in total. The number of halogens is 1. The molecular weight excluding hydrogens is 467 g/mol. The minimum absolute atomic E-state index is 0.159. The third-order valence-corrected chi connectivity index (χ3v) is 5.62. The molecule has 184 valence electrons. The van der Waals surface area contributed by atoms with Gasteiger partial charge in [-0.05, 0) is 54.5 Å². The second-order valence-electron chi connectivity index (χ2n) is 8.54. The van der Waals surface area contributed by atoms with Gasteiger partial charge < -0.3 is 10.6 Å². The van der Waals surface area contributed by atoms with Crippen LogP contribution in [0.5, 0.6) is 0 Å². The van der Waals surface area contributed by atoms with Crippen LogP contribution in [0.2, 0.25) is 0 Å². The maximum absolute atomic E-state index is 13.3. The molecule has 0 bridgehead atoms. The largest absolute Gasteiger partial charge is 0.325 e. The lowest BCUT2D eigenvalue weighted by atomic mass is 10.0. The topological polar surface area (TPSA) is 75.3 Å². The number of aryl methyl sites for hydroxylation is 1. The maximum Gasteiger partial charge on any atom is 0.248 e. The predicted octanol–water partition coefficient (Wildman–Crippen LogP) is 6.20. The van der Waals surface area contributed by atoms with Crippen molar-refractivity contribution in [2.75, 3.05) is 10.6 Å². The predicted molar refractivity (Wildman–Crippen MR) is 144 cm³/mol. The van der Waals surface area contributed by atoms with Crippen LogP contribution in [-0.4, -0.2) is 17.6 Å². The smallest absolute Gasteiger partial charge is 0.248 e. The van der Waals surface area contributed by atoms with E-state index >= 15 is 0 Å². The average molecular weight is 493 g/mol. The number of amides is 2. The van der Waals surface area contributed by atoms with Crippen molar-refractivity contribution in [3.8, 4) is 0 Å². The van der Waals surface area contributed by atoms with Crippen molar-refractivity contribution in [1.82, 2.24) is 0 Å². The molecule has 0 spiro atoms. The van der Waals surface area contributed by atoms with E-state index in [1.54, 1.807) is 60.7 Å². The highest BCUT2D eigenvalue weighted by Gasteiger charge is 2.17. The second kappa shape index (κ2) is 11.7. The number of rotatable bonds is 8. The molecule has 37 heavy (non-hydrogen) atoms. The summed E-state index contributed by atoms with van der Waals surface area (Å²) in [6, 6.07) is 26.9. The minimum atomic E-state index is -0.418. The van der Waals surface area contributed by atoms with Crippen LogP contribution in [0, 0.1) is 12.7 Å². The highest BCUT2D eigenvalue weighted by atomic mass is 19.1. The molecule has 4 aromatic rings. The van der Waals surface area contributed by atoms with Crippen LogP contribution in [0.25, 0.3) is 6.08 Å². The molecule has 0 aliphatic heterocycles. The van der Waals surface area contributed by atoms with Crippen LogP contribution < -0.4 is 10.6 Å². The first-order valence-electron chi connectivity index (χ1n) is 11.7. The summed E-state index contributed by atoms with van der Waals surface area (Å²) in [5, 5.41) is 5.57. The van der Waals surface area contributed by atoms with Crippen molar-refractivity contribution < 1.29 is 18.8 Å². The summed E-state index contributed by atoms with van der Waals surface area (Å²) in [5.41, 5.74) is 4.08. The second-order valence-corrected chi connectivity index (χ2v) is 8.54. The Morgan fingerprint density at radius 1 is 0.811 bits per heavy atom. The van der Waals surface area contributed by atoms with Crippen molar-refractivity contribution >= 4 is 35.0 Å². The number of ketones is 1. The van der Waals surface area contributed by atoms with E-state index in [0.717, 1.165) is 11.1 Å². The molecule has 0 saturated heterocycles. The number of nitrogens with one attached hydrogen (secondary N) is 2. The fourth-order valence-corrected chi connectivity index (χ4v) is 3.68. The molecule has 0 heterocycles. The van der Waals surface area contributed by atoms with E-state index in [9.17, 15) is 18.8 Å². The third-order valence-electron chi connectivity index (χ3n) is 5.62. The zero-order valence-corrected chi connectivity index (χ0v) is 20.2. The van der Waals surface area contributed by atoms with Gasteiger partial charge in [0.05, 0.1) is 12.1 Å². The molecule has 0 aromatic heterocycles. The summed E-state index contributed by atoms with van der Waals surface area (Å²) in [5.74, 6) is -1.32. The van der Waals surface area contributed by atoms with E-state index < -0.39 is 5.91 Å². The normalized spacial score (nSPS) is 10.8. The van der Waals surface area contributed by atoms with Gasteiger partial charge >= 0.3 is 0 Å². The van der Waals surface area contributed by atoms with E-state index in [4.69, 9.17) is 0 Å². The van der Waals surface area contributed by atoms with E-state index in [1.165, 1.54) is 18.2 Å². The quantitative estimate of drug-likeness (QED) is 0.227. The van der Waals surface area contributed by atoms with Crippen molar-refractivity contribution in [2.24, 2.45) is 0 Å². The molecule has 4 aromatic carbocycles. The summed E-state index contributed by atoms with van der Waals surface area (Å²) >= 11 is 0. The van der Waals surface area contributed by atoms with Crippen molar-refractivity contribution in [3.05, 3.63) is 137 Å². The standard InChI is InChI=1S/C31H25FN2O3/c1-21-7-9-23(10-8-21)19-30(36)34-28-17-16-26(20-27(28)31(37)24-5-3-2-4-6-24)33-29(35)18-13-22-11-14-25(32)15-12-22/h2-18,20H,19H2,1H3,(H,33,35)(H,34,36)/b18-13+. The van der Waals surface area contributed by atoms with Gasteiger partial charge in [-0.3, -0.25) is 14.4 Å². The average Bonchev–Trinajstić information content (AvgIpc) is 2.90. The molecule has 0 aliphatic rings. The Morgan fingerprint density at radius 2 is 1.51 bits per heavy atom. The van der Waals surface area contributed by atoms with Gasteiger partial charge in [-0.2, -0.15) is 0 Å². The SMILES string of the molecule is Cc1ccc(CC(=O)Nc2ccc(NC(=O)/C=C/c3ccc(F)cc3)cc2C(=O)c2ccccc2)cc1. The maximum atomic E-state index is 13.3. The van der Waals surface area contributed by atoms with Crippen LogP contribution >= 0.6 is 0 Å². The Morgan fingerprint density at radius 3 is 2.22 bits per heavy atom. The summed E-state index contributed by atoms with van der Waals surface area (Å²) in [6.07, 6.45) is 3.04. The van der Waals surface area contributed by atoms with Gasteiger partial charge in [0.25, 0.3) is 0 Å². The number of hydrogen-bond acceptors (Lipinski definition) is 3. The molecule has 6 heteroatoms. The van der Waals surface area contributed by atoms with Gasteiger partial charge in [0.2, 0.25) is 11.8 Å². The lowest BCUT2D eigenvalue weighted by Gasteiger charge is -2.13. The number of benzene rings is 4. The Bertz CT molecular complexity index is 1440. The summed E-state index contributed by atoms with van der Waals surface area (Å²) in [7, 11) is 0. The van der Waals surface area contributed by atoms with Crippen LogP contribution in [0.3, 0.4) is 0 Å². The van der Waals surface area contributed by atoms with E-state index in [2.05, 4.69) is 10.6 Å². The van der Waals surface area contributed by atoms with Crippen molar-refractivity contribution in [3.63, 3.8) is 0 Å². The zero-order chi connectivity index (χ0) is 26.2. The van der Waals surface area contributed by atoms with E-state index in [-0.39, 0.29) is 29.5 Å². The van der Waals surface area contributed by atoms with Gasteiger partial charge in [-0.15, -0.1) is 0 Å². The molecule has 0 unspecified atom stereocenters. The Balaban J connectivity index is 1.55. The summed E-state index contributed by atoms with van der Waals surface area (Å²) in [4.78, 5) is 38.5. The van der Waals surface area contributed by atoms with E-state index in [0.29, 0.717) is 22.5 Å².